The predicted molar refractivity (Wildman–Crippen MR) is 79.6 cm³/mol. The quantitative estimate of drug-likeness (QED) is 0.887. The SMILES string of the molecule is Cn1nnnc1NC(=O)c1ccc(C(F)(F)F)c2c1SCCS2. The van der Waals surface area contributed by atoms with Crippen LogP contribution in [0.25, 0.3) is 0 Å². The highest BCUT2D eigenvalue weighted by Crippen LogP contribution is 2.46. The minimum Gasteiger partial charge on any atom is -0.289 e. The first-order chi connectivity index (χ1) is 10.9. The first-order valence-electron chi connectivity index (χ1n) is 6.41. The lowest BCUT2D eigenvalue weighted by molar-refractivity contribution is -0.140. The summed E-state index contributed by atoms with van der Waals surface area (Å²) >= 11 is 2.37. The maximum atomic E-state index is 13.1. The van der Waals surface area contributed by atoms with Crippen molar-refractivity contribution in [2.75, 3.05) is 16.8 Å². The Morgan fingerprint density at radius 2 is 1.96 bits per heavy atom. The topological polar surface area (TPSA) is 72.7 Å². The lowest BCUT2D eigenvalue weighted by Crippen LogP contribution is -2.19. The molecule has 0 radical (unpaired) electrons. The van der Waals surface area contributed by atoms with Gasteiger partial charge in [0.2, 0.25) is 5.95 Å². The van der Waals surface area contributed by atoms with Crippen LogP contribution in [0.2, 0.25) is 0 Å². The van der Waals surface area contributed by atoms with Crippen molar-refractivity contribution < 1.29 is 18.0 Å². The largest absolute Gasteiger partial charge is 0.417 e. The van der Waals surface area contributed by atoms with E-state index in [9.17, 15) is 18.0 Å². The summed E-state index contributed by atoms with van der Waals surface area (Å²) in [6.45, 7) is 0. The van der Waals surface area contributed by atoms with Crippen LogP contribution >= 0.6 is 23.5 Å². The van der Waals surface area contributed by atoms with Gasteiger partial charge < -0.3 is 0 Å². The summed E-state index contributed by atoms with van der Waals surface area (Å²) < 4.78 is 40.6. The first-order valence-corrected chi connectivity index (χ1v) is 8.38. The fourth-order valence-corrected chi connectivity index (χ4v) is 4.61. The molecule has 1 amide bonds. The molecule has 1 N–H and O–H groups in total. The molecule has 11 heteroatoms. The highest BCUT2D eigenvalue weighted by atomic mass is 32.2. The van der Waals surface area contributed by atoms with Gasteiger partial charge in [-0.15, -0.1) is 23.5 Å². The van der Waals surface area contributed by atoms with Crippen LogP contribution in [0.15, 0.2) is 21.9 Å². The molecule has 0 aliphatic carbocycles. The summed E-state index contributed by atoms with van der Waals surface area (Å²) in [5, 5.41) is 13.1. The molecule has 6 nitrogen and oxygen atoms in total. The Hall–Kier alpha value is -1.75. The molecule has 2 aromatic rings. The molecule has 3 rings (SSSR count). The summed E-state index contributed by atoms with van der Waals surface area (Å²) in [4.78, 5) is 12.8. The number of anilines is 1. The molecule has 0 atom stereocenters. The van der Waals surface area contributed by atoms with E-state index >= 15 is 0 Å². The molecule has 122 valence electrons. The van der Waals surface area contributed by atoms with Gasteiger partial charge in [-0.1, -0.05) is 5.10 Å². The van der Waals surface area contributed by atoms with Crippen molar-refractivity contribution in [3.05, 3.63) is 23.3 Å². The molecule has 0 saturated heterocycles. The monoisotopic (exact) mass is 361 g/mol. The van der Waals surface area contributed by atoms with E-state index in [1.165, 1.54) is 22.5 Å². The number of hydrogen-bond acceptors (Lipinski definition) is 6. The number of fused-ring (bicyclic) bond motifs is 1. The predicted octanol–water partition coefficient (Wildman–Crippen LogP) is 2.68. The van der Waals surface area contributed by atoms with Crippen molar-refractivity contribution in [1.82, 2.24) is 20.2 Å². The van der Waals surface area contributed by atoms with Crippen LogP contribution in [0, 0.1) is 0 Å². The molecule has 0 saturated carbocycles. The average Bonchev–Trinajstić information content (AvgIpc) is 2.90. The average molecular weight is 361 g/mol. The number of benzene rings is 1. The zero-order chi connectivity index (χ0) is 16.6. The molecule has 2 heterocycles. The number of alkyl halides is 3. The van der Waals surface area contributed by atoms with Gasteiger partial charge in [-0.05, 0) is 22.6 Å². The van der Waals surface area contributed by atoms with Crippen LogP contribution in [-0.2, 0) is 13.2 Å². The highest BCUT2D eigenvalue weighted by Gasteiger charge is 2.36. The molecule has 1 aliphatic rings. The minimum atomic E-state index is -4.45. The van der Waals surface area contributed by atoms with Crippen LogP contribution < -0.4 is 5.32 Å². The number of thioether (sulfide) groups is 2. The van der Waals surface area contributed by atoms with E-state index in [0.717, 1.165) is 17.8 Å². The van der Waals surface area contributed by atoms with Gasteiger partial charge in [0.05, 0.1) is 11.1 Å². The number of nitrogens with zero attached hydrogens (tertiary/aromatic N) is 4. The van der Waals surface area contributed by atoms with Crippen LogP contribution in [0.4, 0.5) is 19.1 Å². The molecule has 0 fully saturated rings. The number of carbonyl (C=O) groups is 1. The van der Waals surface area contributed by atoms with E-state index in [4.69, 9.17) is 0 Å². The van der Waals surface area contributed by atoms with E-state index < -0.39 is 17.6 Å². The van der Waals surface area contributed by atoms with E-state index in [2.05, 4.69) is 20.8 Å². The van der Waals surface area contributed by atoms with Gasteiger partial charge >= 0.3 is 6.18 Å². The van der Waals surface area contributed by atoms with Gasteiger partial charge in [0.15, 0.2) is 0 Å². The fraction of sp³-hybridized carbons (Fsp3) is 0.333. The Labute approximate surface area is 137 Å². The Bertz CT molecular complexity index is 762. The summed E-state index contributed by atoms with van der Waals surface area (Å²) in [5.74, 6) is 0.795. The number of carbonyl (C=O) groups excluding carboxylic acids is 1. The summed E-state index contributed by atoms with van der Waals surface area (Å²) in [5.41, 5.74) is -0.519. The lowest BCUT2D eigenvalue weighted by Gasteiger charge is -2.22. The number of hydrogen-bond donors (Lipinski definition) is 1. The molecular weight excluding hydrogens is 351 g/mol. The van der Waals surface area contributed by atoms with Gasteiger partial charge in [-0.2, -0.15) is 13.2 Å². The van der Waals surface area contributed by atoms with Crippen molar-refractivity contribution in [1.29, 1.82) is 0 Å². The lowest BCUT2D eigenvalue weighted by atomic mass is 10.1. The second kappa shape index (κ2) is 6.04. The molecule has 0 bridgehead atoms. The van der Waals surface area contributed by atoms with Gasteiger partial charge in [-0.3, -0.25) is 10.1 Å². The Morgan fingerprint density at radius 3 is 2.57 bits per heavy atom. The van der Waals surface area contributed by atoms with E-state index in [-0.39, 0.29) is 16.4 Å². The second-order valence-electron chi connectivity index (χ2n) is 4.59. The standard InChI is InChI=1S/C12H10F3N5OS2/c1-20-11(17-18-19-20)16-10(21)6-2-3-7(12(13,14)15)9-8(6)22-4-5-23-9/h2-3H,4-5H2,1H3,(H,16,17,19,21). The molecule has 1 aliphatic heterocycles. The molecule has 23 heavy (non-hydrogen) atoms. The van der Waals surface area contributed by atoms with Crippen molar-refractivity contribution in [3.63, 3.8) is 0 Å². The number of nitrogens with one attached hydrogen (secondary N) is 1. The maximum absolute atomic E-state index is 13.1. The summed E-state index contributed by atoms with van der Waals surface area (Å²) in [6.07, 6.45) is -4.45. The molecule has 0 unspecified atom stereocenters. The van der Waals surface area contributed by atoms with E-state index in [1.54, 1.807) is 7.05 Å². The van der Waals surface area contributed by atoms with Crippen molar-refractivity contribution in [2.24, 2.45) is 7.05 Å². The Balaban J connectivity index is 2.00. The second-order valence-corrected chi connectivity index (χ2v) is 6.80. The molecule has 1 aromatic heterocycles. The molecule has 0 spiro atoms. The normalized spacial score (nSPS) is 14.4. The number of aromatic nitrogens is 4. The van der Waals surface area contributed by atoms with Gasteiger partial charge in [-0.25, -0.2) is 4.68 Å². The smallest absolute Gasteiger partial charge is 0.289 e. The summed E-state index contributed by atoms with van der Waals surface area (Å²) in [6, 6.07) is 2.14. The first kappa shape index (κ1) is 16.1. The summed E-state index contributed by atoms with van der Waals surface area (Å²) in [7, 11) is 1.54. The third-order valence-electron chi connectivity index (χ3n) is 3.08. The highest BCUT2D eigenvalue weighted by molar-refractivity contribution is 8.05. The number of rotatable bonds is 2. The van der Waals surface area contributed by atoms with Gasteiger partial charge in [0.25, 0.3) is 5.91 Å². The van der Waals surface area contributed by atoms with Crippen LogP contribution in [-0.4, -0.2) is 37.6 Å². The van der Waals surface area contributed by atoms with Gasteiger partial charge in [0.1, 0.15) is 0 Å². The van der Waals surface area contributed by atoms with Gasteiger partial charge in [0, 0.05) is 28.3 Å². The zero-order valence-electron chi connectivity index (χ0n) is 11.7. The van der Waals surface area contributed by atoms with Crippen molar-refractivity contribution in [3.8, 4) is 0 Å². The third kappa shape index (κ3) is 3.15. The van der Waals surface area contributed by atoms with Crippen molar-refractivity contribution >= 4 is 35.4 Å². The fourth-order valence-electron chi connectivity index (χ4n) is 2.04. The van der Waals surface area contributed by atoms with Crippen LogP contribution in [0.5, 0.6) is 0 Å². The number of tetrazole rings is 1. The maximum Gasteiger partial charge on any atom is 0.417 e. The van der Waals surface area contributed by atoms with E-state index in [0.29, 0.717) is 16.4 Å². The molecular formula is C12H10F3N5OS2. The van der Waals surface area contributed by atoms with E-state index in [1.807, 2.05) is 0 Å². The molecule has 1 aromatic carbocycles. The van der Waals surface area contributed by atoms with Crippen LogP contribution in [0.1, 0.15) is 15.9 Å². The van der Waals surface area contributed by atoms with Crippen molar-refractivity contribution in [2.45, 2.75) is 16.0 Å². The third-order valence-corrected chi connectivity index (χ3v) is 5.71. The number of aryl methyl sites for hydroxylation is 1. The minimum absolute atomic E-state index is 0.109. The van der Waals surface area contributed by atoms with Crippen LogP contribution in [0.3, 0.4) is 0 Å². The number of amides is 1. The number of halogens is 3. The Kier molecular flexibility index (Phi) is 4.23. The zero-order valence-corrected chi connectivity index (χ0v) is 13.3. The Morgan fingerprint density at radius 1 is 1.26 bits per heavy atom.